The predicted octanol–water partition coefficient (Wildman–Crippen LogP) is 2.90. The third-order valence-corrected chi connectivity index (χ3v) is 3.21. The van der Waals surface area contributed by atoms with E-state index in [2.05, 4.69) is 4.90 Å². The molecule has 1 aromatic rings. The maximum absolute atomic E-state index is 10.7. The molecule has 0 aliphatic rings. The average Bonchev–Trinajstić information content (AvgIpc) is 2.36. The monoisotopic (exact) mass is 285 g/mol. The van der Waals surface area contributed by atoms with Crippen molar-refractivity contribution in [1.29, 1.82) is 0 Å². The normalized spacial score (nSPS) is 12.4. The summed E-state index contributed by atoms with van der Waals surface area (Å²) in [4.78, 5) is 12.8. The van der Waals surface area contributed by atoms with Crippen molar-refractivity contribution in [3.8, 4) is 5.75 Å². The molecular formula is C14H20ClNO3. The van der Waals surface area contributed by atoms with Crippen LogP contribution in [0, 0.1) is 0 Å². The van der Waals surface area contributed by atoms with Crippen LogP contribution in [0.4, 0.5) is 0 Å². The lowest BCUT2D eigenvalue weighted by atomic mass is 10.2. The van der Waals surface area contributed by atoms with E-state index in [-0.39, 0.29) is 12.5 Å². The van der Waals surface area contributed by atoms with Gasteiger partial charge >= 0.3 is 5.97 Å². The SMILES string of the molecule is CCN(CCOc1ccc(Cl)cc1)C(C)CC(=O)O. The summed E-state index contributed by atoms with van der Waals surface area (Å²) in [5, 5.41) is 9.47. The van der Waals surface area contributed by atoms with Gasteiger partial charge in [-0.05, 0) is 37.7 Å². The largest absolute Gasteiger partial charge is 0.492 e. The number of halogens is 1. The third kappa shape index (κ3) is 5.94. The standard InChI is InChI=1S/C14H20ClNO3/c1-3-16(11(2)10-14(17)18)8-9-19-13-6-4-12(15)5-7-13/h4-7,11H,3,8-10H2,1-2H3,(H,17,18). The molecule has 0 saturated heterocycles. The van der Waals surface area contributed by atoms with E-state index in [4.69, 9.17) is 21.4 Å². The summed E-state index contributed by atoms with van der Waals surface area (Å²) >= 11 is 5.79. The van der Waals surface area contributed by atoms with Gasteiger partial charge in [0.05, 0.1) is 6.42 Å². The van der Waals surface area contributed by atoms with Crippen molar-refractivity contribution >= 4 is 17.6 Å². The highest BCUT2D eigenvalue weighted by Gasteiger charge is 2.15. The molecule has 0 heterocycles. The first-order valence-corrected chi connectivity index (χ1v) is 6.75. The Hall–Kier alpha value is -1.26. The van der Waals surface area contributed by atoms with Gasteiger partial charge in [-0.1, -0.05) is 18.5 Å². The number of likely N-dealkylation sites (N-methyl/N-ethyl adjacent to an activating group) is 1. The topological polar surface area (TPSA) is 49.8 Å². The summed E-state index contributed by atoms with van der Waals surface area (Å²) in [6.07, 6.45) is 0.148. The summed E-state index contributed by atoms with van der Waals surface area (Å²) < 4.78 is 5.60. The first kappa shape index (κ1) is 15.8. The molecule has 106 valence electrons. The minimum Gasteiger partial charge on any atom is -0.492 e. The molecule has 4 nitrogen and oxygen atoms in total. The zero-order valence-corrected chi connectivity index (χ0v) is 12.1. The lowest BCUT2D eigenvalue weighted by Gasteiger charge is -2.26. The smallest absolute Gasteiger partial charge is 0.304 e. The van der Waals surface area contributed by atoms with Crippen molar-refractivity contribution in [2.75, 3.05) is 19.7 Å². The van der Waals surface area contributed by atoms with Crippen LogP contribution in [0.3, 0.4) is 0 Å². The van der Waals surface area contributed by atoms with Crippen LogP contribution >= 0.6 is 11.6 Å². The molecule has 0 aromatic heterocycles. The molecule has 0 radical (unpaired) electrons. The van der Waals surface area contributed by atoms with Gasteiger partial charge in [0.1, 0.15) is 12.4 Å². The Morgan fingerprint density at radius 2 is 2.05 bits per heavy atom. The van der Waals surface area contributed by atoms with E-state index in [9.17, 15) is 4.79 Å². The van der Waals surface area contributed by atoms with Crippen LogP contribution in [0.2, 0.25) is 5.02 Å². The van der Waals surface area contributed by atoms with Crippen LogP contribution in [0.25, 0.3) is 0 Å². The Labute approximate surface area is 118 Å². The maximum atomic E-state index is 10.7. The third-order valence-electron chi connectivity index (χ3n) is 2.96. The number of carboxylic acid groups (broad SMARTS) is 1. The molecule has 0 spiro atoms. The molecule has 19 heavy (non-hydrogen) atoms. The fourth-order valence-electron chi connectivity index (χ4n) is 1.88. The molecule has 1 unspecified atom stereocenters. The first-order chi connectivity index (χ1) is 9.02. The lowest BCUT2D eigenvalue weighted by molar-refractivity contribution is -0.138. The van der Waals surface area contributed by atoms with E-state index in [0.29, 0.717) is 18.2 Å². The van der Waals surface area contributed by atoms with Crippen LogP contribution in [0.1, 0.15) is 20.3 Å². The van der Waals surface area contributed by atoms with Crippen molar-refractivity contribution < 1.29 is 14.6 Å². The Balaban J connectivity index is 2.37. The number of ether oxygens (including phenoxy) is 1. The molecule has 0 aliphatic heterocycles. The molecule has 0 fully saturated rings. The molecule has 5 heteroatoms. The van der Waals surface area contributed by atoms with Gasteiger partial charge in [0.15, 0.2) is 0 Å². The van der Waals surface area contributed by atoms with E-state index in [1.54, 1.807) is 12.1 Å². The van der Waals surface area contributed by atoms with Crippen LogP contribution in [0.15, 0.2) is 24.3 Å². The van der Waals surface area contributed by atoms with Gasteiger partial charge in [0, 0.05) is 17.6 Å². The summed E-state index contributed by atoms with van der Waals surface area (Å²) in [6.45, 7) is 5.96. The number of hydrogen-bond donors (Lipinski definition) is 1. The molecule has 0 bridgehead atoms. The fourth-order valence-corrected chi connectivity index (χ4v) is 2.01. The zero-order chi connectivity index (χ0) is 14.3. The zero-order valence-electron chi connectivity index (χ0n) is 11.3. The Bertz CT molecular complexity index is 394. The average molecular weight is 286 g/mol. The molecule has 0 amide bonds. The minimum atomic E-state index is -0.774. The minimum absolute atomic E-state index is 0.0105. The van der Waals surface area contributed by atoms with Crippen LogP contribution in [0.5, 0.6) is 5.75 Å². The molecule has 0 aliphatic carbocycles. The fraction of sp³-hybridized carbons (Fsp3) is 0.500. The Kier molecular flexibility index (Phi) is 6.67. The molecule has 0 saturated carbocycles. The van der Waals surface area contributed by atoms with Gasteiger partial charge in [-0.3, -0.25) is 9.69 Å². The second kappa shape index (κ2) is 8.02. The van der Waals surface area contributed by atoms with E-state index in [1.807, 2.05) is 26.0 Å². The lowest BCUT2D eigenvalue weighted by Crippen LogP contribution is -2.37. The predicted molar refractivity (Wildman–Crippen MR) is 75.9 cm³/mol. The van der Waals surface area contributed by atoms with Crippen LogP contribution < -0.4 is 4.74 Å². The molecule has 1 aromatic carbocycles. The Morgan fingerprint density at radius 1 is 1.42 bits per heavy atom. The quantitative estimate of drug-likeness (QED) is 0.798. The number of carboxylic acids is 1. The van der Waals surface area contributed by atoms with Crippen LogP contribution in [-0.2, 0) is 4.79 Å². The number of rotatable bonds is 8. The molecule has 1 atom stereocenters. The van der Waals surface area contributed by atoms with E-state index >= 15 is 0 Å². The Morgan fingerprint density at radius 3 is 2.58 bits per heavy atom. The summed E-state index contributed by atoms with van der Waals surface area (Å²) in [7, 11) is 0. The van der Waals surface area contributed by atoms with Crippen molar-refractivity contribution in [1.82, 2.24) is 4.90 Å². The molecule has 1 N–H and O–H groups in total. The van der Waals surface area contributed by atoms with Gasteiger partial charge in [-0.25, -0.2) is 0 Å². The number of aliphatic carboxylic acids is 1. The summed E-state index contributed by atoms with van der Waals surface area (Å²) in [5.74, 6) is -0.00379. The van der Waals surface area contributed by atoms with E-state index in [0.717, 1.165) is 12.3 Å². The maximum Gasteiger partial charge on any atom is 0.304 e. The molecular weight excluding hydrogens is 266 g/mol. The van der Waals surface area contributed by atoms with Crippen LogP contribution in [-0.4, -0.2) is 41.7 Å². The van der Waals surface area contributed by atoms with Crippen molar-refractivity contribution in [3.63, 3.8) is 0 Å². The highest BCUT2D eigenvalue weighted by atomic mass is 35.5. The summed E-state index contributed by atoms with van der Waals surface area (Å²) in [6, 6.07) is 7.21. The van der Waals surface area contributed by atoms with Gasteiger partial charge in [0.25, 0.3) is 0 Å². The second-order valence-electron chi connectivity index (χ2n) is 4.38. The highest BCUT2D eigenvalue weighted by Crippen LogP contribution is 2.15. The number of nitrogens with zero attached hydrogens (tertiary/aromatic N) is 1. The van der Waals surface area contributed by atoms with Gasteiger partial charge in [-0.15, -0.1) is 0 Å². The van der Waals surface area contributed by atoms with E-state index < -0.39 is 5.97 Å². The van der Waals surface area contributed by atoms with Crippen molar-refractivity contribution in [2.45, 2.75) is 26.3 Å². The van der Waals surface area contributed by atoms with Crippen molar-refractivity contribution in [3.05, 3.63) is 29.3 Å². The van der Waals surface area contributed by atoms with Gasteiger partial charge in [-0.2, -0.15) is 0 Å². The highest BCUT2D eigenvalue weighted by molar-refractivity contribution is 6.30. The number of hydrogen-bond acceptors (Lipinski definition) is 3. The molecule has 1 rings (SSSR count). The van der Waals surface area contributed by atoms with Gasteiger partial charge < -0.3 is 9.84 Å². The number of carbonyl (C=O) groups is 1. The second-order valence-corrected chi connectivity index (χ2v) is 4.81. The summed E-state index contributed by atoms with van der Waals surface area (Å²) in [5.41, 5.74) is 0. The van der Waals surface area contributed by atoms with Gasteiger partial charge in [0.2, 0.25) is 0 Å². The van der Waals surface area contributed by atoms with Crippen molar-refractivity contribution in [2.24, 2.45) is 0 Å². The number of benzene rings is 1. The first-order valence-electron chi connectivity index (χ1n) is 6.37. The van der Waals surface area contributed by atoms with E-state index in [1.165, 1.54) is 0 Å².